The summed E-state index contributed by atoms with van der Waals surface area (Å²) in [7, 11) is 0. The zero-order chi connectivity index (χ0) is 6.78. The van der Waals surface area contributed by atoms with Crippen molar-refractivity contribution in [3.05, 3.63) is 0 Å². The first kappa shape index (κ1) is 7.84. The van der Waals surface area contributed by atoms with Crippen molar-refractivity contribution >= 4 is 0 Å². The van der Waals surface area contributed by atoms with E-state index in [0.29, 0.717) is 0 Å². The second kappa shape index (κ2) is 2.41. The van der Waals surface area contributed by atoms with Gasteiger partial charge in [-0.05, 0) is 6.92 Å². The van der Waals surface area contributed by atoms with Gasteiger partial charge in [-0.15, -0.1) is 0 Å². The number of hydrogen-bond donors (Lipinski definition) is 4. The van der Waals surface area contributed by atoms with Crippen molar-refractivity contribution in [3.63, 3.8) is 0 Å². The lowest BCUT2D eigenvalue weighted by Gasteiger charge is -2.20. The molecule has 0 radical (unpaired) electrons. The Hall–Kier alpha value is -0.160. The fourth-order valence-corrected chi connectivity index (χ4v) is 0.173. The molecule has 0 spiro atoms. The van der Waals surface area contributed by atoms with Gasteiger partial charge in [-0.25, -0.2) is 0 Å². The van der Waals surface area contributed by atoms with E-state index in [0.717, 1.165) is 6.92 Å². The molecular formula is C4H10O4. The first-order valence-corrected chi connectivity index (χ1v) is 2.22. The van der Waals surface area contributed by atoms with Gasteiger partial charge < -0.3 is 20.4 Å². The van der Waals surface area contributed by atoms with Gasteiger partial charge >= 0.3 is 0 Å². The van der Waals surface area contributed by atoms with Crippen LogP contribution < -0.4 is 0 Å². The molecule has 0 amide bonds. The lowest BCUT2D eigenvalue weighted by atomic mass is 10.2. The molecule has 4 N–H and O–H groups in total. The highest BCUT2D eigenvalue weighted by molar-refractivity contribution is 4.66. The molecule has 0 aliphatic heterocycles. The van der Waals surface area contributed by atoms with Crippen LogP contribution in [-0.4, -0.2) is 38.9 Å². The second-order valence-electron chi connectivity index (χ2n) is 1.79. The summed E-state index contributed by atoms with van der Waals surface area (Å²) in [5.41, 5.74) is 0. The van der Waals surface area contributed by atoms with Gasteiger partial charge in [-0.2, -0.15) is 0 Å². The van der Waals surface area contributed by atoms with E-state index in [-0.39, 0.29) is 0 Å². The predicted octanol–water partition coefficient (Wildman–Crippen LogP) is -1.96. The summed E-state index contributed by atoms with van der Waals surface area (Å²) in [6.07, 6.45) is -1.48. The Bertz CT molecular complexity index is 64.9. The van der Waals surface area contributed by atoms with Crippen LogP contribution in [0.4, 0.5) is 0 Å². The largest absolute Gasteiger partial charge is 0.393 e. The lowest BCUT2D eigenvalue weighted by molar-refractivity contribution is -0.219. The fraction of sp³-hybridized carbons (Fsp3) is 1.00. The van der Waals surface area contributed by atoms with E-state index in [1.165, 1.54) is 0 Å². The summed E-state index contributed by atoms with van der Waals surface area (Å²) in [5.74, 6) is -2.19. The average molecular weight is 122 g/mol. The second-order valence-corrected chi connectivity index (χ2v) is 1.79. The van der Waals surface area contributed by atoms with Gasteiger partial charge in [-0.3, -0.25) is 0 Å². The van der Waals surface area contributed by atoms with Crippen LogP contribution in [0.5, 0.6) is 0 Å². The van der Waals surface area contributed by atoms with E-state index >= 15 is 0 Å². The third-order valence-electron chi connectivity index (χ3n) is 0.804. The Labute approximate surface area is 47.0 Å². The van der Waals surface area contributed by atoms with E-state index in [9.17, 15) is 0 Å². The van der Waals surface area contributed by atoms with Crippen LogP contribution in [0.1, 0.15) is 6.92 Å². The normalized spacial score (nSPS) is 16.1. The molecule has 0 saturated heterocycles. The summed E-state index contributed by atoms with van der Waals surface area (Å²) in [6, 6.07) is 0. The summed E-state index contributed by atoms with van der Waals surface area (Å²) in [5, 5.41) is 33.4. The van der Waals surface area contributed by atoms with Crippen molar-refractivity contribution in [2.75, 3.05) is 6.61 Å². The minimum atomic E-state index is -2.19. The molecule has 0 bridgehead atoms. The Morgan fingerprint density at radius 1 is 1.50 bits per heavy atom. The van der Waals surface area contributed by atoms with Crippen molar-refractivity contribution in [3.8, 4) is 0 Å². The molecule has 0 aromatic heterocycles. The third-order valence-corrected chi connectivity index (χ3v) is 0.804. The first-order chi connectivity index (χ1) is 3.48. The number of rotatable bonds is 2. The van der Waals surface area contributed by atoms with Crippen LogP contribution in [0.25, 0.3) is 0 Å². The minimum Gasteiger partial charge on any atom is -0.393 e. The molecule has 0 aliphatic carbocycles. The highest BCUT2D eigenvalue weighted by Gasteiger charge is 2.25. The summed E-state index contributed by atoms with van der Waals surface area (Å²) >= 11 is 0. The highest BCUT2D eigenvalue weighted by atomic mass is 16.5. The van der Waals surface area contributed by atoms with Gasteiger partial charge in [0.2, 0.25) is 0 Å². The van der Waals surface area contributed by atoms with Crippen LogP contribution in [-0.2, 0) is 0 Å². The monoisotopic (exact) mass is 122 g/mol. The molecule has 50 valence electrons. The van der Waals surface area contributed by atoms with Crippen LogP contribution in [0.3, 0.4) is 0 Å². The van der Waals surface area contributed by atoms with Crippen molar-refractivity contribution in [1.29, 1.82) is 0 Å². The molecule has 8 heavy (non-hydrogen) atoms. The molecule has 0 aromatic carbocycles. The van der Waals surface area contributed by atoms with Crippen molar-refractivity contribution in [2.45, 2.75) is 18.8 Å². The quantitative estimate of drug-likeness (QED) is 0.321. The summed E-state index contributed by atoms with van der Waals surface area (Å²) in [4.78, 5) is 0. The van der Waals surface area contributed by atoms with Gasteiger partial charge in [0, 0.05) is 0 Å². The van der Waals surface area contributed by atoms with E-state index in [4.69, 9.17) is 20.4 Å². The maximum absolute atomic E-state index is 8.44. The molecule has 0 aliphatic rings. The van der Waals surface area contributed by atoms with Crippen molar-refractivity contribution in [2.24, 2.45) is 0 Å². The van der Waals surface area contributed by atoms with Crippen LogP contribution in [0.15, 0.2) is 0 Å². The molecule has 0 rings (SSSR count). The lowest BCUT2D eigenvalue weighted by Crippen LogP contribution is -2.41. The van der Waals surface area contributed by atoms with E-state index < -0.39 is 18.5 Å². The Balaban J connectivity index is 3.62. The molecule has 4 nitrogen and oxygen atoms in total. The van der Waals surface area contributed by atoms with Gasteiger partial charge in [0.15, 0.2) is 5.79 Å². The highest BCUT2D eigenvalue weighted by Crippen LogP contribution is 2.02. The van der Waals surface area contributed by atoms with Gasteiger partial charge in [0.25, 0.3) is 0 Å². The van der Waals surface area contributed by atoms with Crippen LogP contribution in [0, 0.1) is 0 Å². The van der Waals surface area contributed by atoms with Gasteiger partial charge in [0.05, 0.1) is 6.61 Å². The van der Waals surface area contributed by atoms with Crippen LogP contribution >= 0.6 is 0 Å². The topological polar surface area (TPSA) is 80.9 Å². The minimum absolute atomic E-state index is 0.649. The standard InChI is InChI=1S/C4H10O4/c1-4(7,8)3(6)2-5/h3,5-8H,2H2,1H3. The van der Waals surface area contributed by atoms with Gasteiger partial charge in [0.1, 0.15) is 6.10 Å². The Morgan fingerprint density at radius 2 is 1.88 bits per heavy atom. The molecule has 0 saturated carbocycles. The average Bonchev–Trinajstić information content (AvgIpc) is 1.62. The smallest absolute Gasteiger partial charge is 0.188 e. The molecule has 1 atom stereocenters. The Kier molecular flexibility index (Phi) is 2.36. The van der Waals surface area contributed by atoms with E-state index in [1.807, 2.05) is 0 Å². The van der Waals surface area contributed by atoms with Crippen LogP contribution in [0.2, 0.25) is 0 Å². The molecule has 0 heterocycles. The molecule has 4 heteroatoms. The maximum Gasteiger partial charge on any atom is 0.188 e. The first-order valence-electron chi connectivity index (χ1n) is 2.22. The number of aliphatic hydroxyl groups excluding tert-OH is 2. The summed E-state index contributed by atoms with van der Waals surface area (Å²) in [6.45, 7) is 0.345. The number of hydrogen-bond acceptors (Lipinski definition) is 4. The summed E-state index contributed by atoms with van der Waals surface area (Å²) < 4.78 is 0. The zero-order valence-corrected chi connectivity index (χ0v) is 4.57. The Morgan fingerprint density at radius 3 is 1.88 bits per heavy atom. The van der Waals surface area contributed by atoms with E-state index in [1.54, 1.807) is 0 Å². The SMILES string of the molecule is CC(O)(O)C(O)CO. The van der Waals surface area contributed by atoms with Gasteiger partial charge in [-0.1, -0.05) is 0 Å². The molecular weight excluding hydrogens is 112 g/mol. The maximum atomic E-state index is 8.44. The predicted molar refractivity (Wildman–Crippen MR) is 25.9 cm³/mol. The molecule has 0 aromatic rings. The molecule has 1 unspecified atom stereocenters. The van der Waals surface area contributed by atoms with Crippen molar-refractivity contribution < 1.29 is 20.4 Å². The fourth-order valence-electron chi connectivity index (χ4n) is 0.173. The molecule has 0 fully saturated rings. The van der Waals surface area contributed by atoms with E-state index in [2.05, 4.69) is 0 Å². The van der Waals surface area contributed by atoms with Crippen molar-refractivity contribution in [1.82, 2.24) is 0 Å². The number of aliphatic hydroxyl groups is 4. The zero-order valence-electron chi connectivity index (χ0n) is 4.57. The third kappa shape index (κ3) is 2.23.